The predicted octanol–water partition coefficient (Wildman–Crippen LogP) is 3.98. The fourth-order valence-electron chi connectivity index (χ4n) is 4.04. The Kier molecular flexibility index (Phi) is 8.41. The number of hydrogen-bond donors (Lipinski definition) is 1. The minimum atomic E-state index is 0.0387. The van der Waals surface area contributed by atoms with Crippen LogP contribution in [0.25, 0.3) is 0 Å². The summed E-state index contributed by atoms with van der Waals surface area (Å²) in [6.45, 7) is 8.82. The van der Waals surface area contributed by atoms with E-state index in [0.717, 1.165) is 38.1 Å². The number of nitrogens with zero attached hydrogens (tertiary/aromatic N) is 1. The summed E-state index contributed by atoms with van der Waals surface area (Å²) in [7, 11) is 4.28. The number of ether oxygens (including phenoxy) is 1. The van der Waals surface area contributed by atoms with Crippen molar-refractivity contribution in [1.82, 2.24) is 10.2 Å². The molecule has 0 unspecified atom stereocenters. The fraction of sp³-hybridized carbons (Fsp3) is 0.727. The normalized spacial score (nSPS) is 21.4. The largest absolute Gasteiger partial charge is 0.376 e. The highest BCUT2D eigenvalue weighted by Crippen LogP contribution is 2.36. The third kappa shape index (κ3) is 7.89. The fourth-order valence-corrected chi connectivity index (χ4v) is 4.04. The van der Waals surface area contributed by atoms with Gasteiger partial charge in [0, 0.05) is 6.61 Å². The molecule has 1 fully saturated rings. The van der Waals surface area contributed by atoms with Gasteiger partial charge in [0.15, 0.2) is 0 Å². The lowest BCUT2D eigenvalue weighted by Gasteiger charge is -2.39. The molecular formula is C22H38N2O. The van der Waals surface area contributed by atoms with Crippen molar-refractivity contribution in [2.45, 2.75) is 51.6 Å². The molecule has 1 N–H and O–H groups in total. The van der Waals surface area contributed by atoms with Gasteiger partial charge in [0.25, 0.3) is 0 Å². The Morgan fingerprint density at radius 2 is 1.96 bits per heavy atom. The van der Waals surface area contributed by atoms with Gasteiger partial charge in [0.2, 0.25) is 0 Å². The molecule has 3 nitrogen and oxygen atoms in total. The summed E-state index contributed by atoms with van der Waals surface area (Å²) in [6.07, 6.45) is 6.08. The van der Waals surface area contributed by atoms with Crippen molar-refractivity contribution in [3.63, 3.8) is 0 Å². The third-order valence-corrected chi connectivity index (χ3v) is 5.39. The Morgan fingerprint density at radius 3 is 2.64 bits per heavy atom. The zero-order valence-corrected chi connectivity index (χ0v) is 16.8. The van der Waals surface area contributed by atoms with E-state index in [4.69, 9.17) is 4.74 Å². The standard InChI is InChI=1S/C22H38N2O/c1-22(2)18-21(12-16-25-22)20(17-19-9-6-5-7-10-19)11-14-23-13-8-15-24(3)4/h5-7,9-10,20-21,23H,8,11-18H2,1-4H3/t20-,21-/m1/s1. The summed E-state index contributed by atoms with van der Waals surface area (Å²) in [5, 5.41) is 3.66. The minimum absolute atomic E-state index is 0.0387. The van der Waals surface area contributed by atoms with Crippen LogP contribution in [0, 0.1) is 11.8 Å². The van der Waals surface area contributed by atoms with Crippen LogP contribution in [0.4, 0.5) is 0 Å². The number of hydrogen-bond acceptors (Lipinski definition) is 3. The first-order chi connectivity index (χ1) is 12.0. The van der Waals surface area contributed by atoms with E-state index in [1.165, 1.54) is 37.7 Å². The molecule has 1 aliphatic rings. The van der Waals surface area contributed by atoms with Crippen LogP contribution in [0.2, 0.25) is 0 Å². The molecule has 3 heteroatoms. The molecule has 1 aromatic rings. The van der Waals surface area contributed by atoms with Crippen molar-refractivity contribution in [2.75, 3.05) is 40.3 Å². The third-order valence-electron chi connectivity index (χ3n) is 5.39. The van der Waals surface area contributed by atoms with Gasteiger partial charge in [-0.25, -0.2) is 0 Å². The first-order valence-electron chi connectivity index (χ1n) is 9.99. The van der Waals surface area contributed by atoms with Gasteiger partial charge >= 0.3 is 0 Å². The lowest BCUT2D eigenvalue weighted by Crippen LogP contribution is -2.38. The summed E-state index contributed by atoms with van der Waals surface area (Å²) in [4.78, 5) is 2.25. The van der Waals surface area contributed by atoms with Crippen LogP contribution in [-0.4, -0.2) is 50.8 Å². The lowest BCUT2D eigenvalue weighted by molar-refractivity contribution is -0.0830. The molecule has 0 aliphatic carbocycles. The van der Waals surface area contributed by atoms with Crippen LogP contribution in [0.5, 0.6) is 0 Å². The summed E-state index contributed by atoms with van der Waals surface area (Å²) >= 11 is 0. The number of nitrogens with one attached hydrogen (secondary N) is 1. The Hall–Kier alpha value is -0.900. The van der Waals surface area contributed by atoms with Gasteiger partial charge in [-0.15, -0.1) is 0 Å². The summed E-state index contributed by atoms with van der Waals surface area (Å²) < 4.78 is 5.96. The zero-order chi connectivity index (χ0) is 18.1. The van der Waals surface area contributed by atoms with Crippen LogP contribution >= 0.6 is 0 Å². The SMILES string of the molecule is CN(C)CCCNCC[C@H](Cc1ccccc1)[C@@H]1CCOC(C)(C)C1. The molecule has 25 heavy (non-hydrogen) atoms. The topological polar surface area (TPSA) is 24.5 Å². The van der Waals surface area contributed by atoms with E-state index in [1.54, 1.807) is 0 Å². The first-order valence-corrected chi connectivity index (χ1v) is 9.99. The van der Waals surface area contributed by atoms with Crippen LogP contribution in [0.15, 0.2) is 30.3 Å². The summed E-state index contributed by atoms with van der Waals surface area (Å²) in [6, 6.07) is 11.0. The van der Waals surface area contributed by atoms with Crippen molar-refractivity contribution in [1.29, 1.82) is 0 Å². The van der Waals surface area contributed by atoms with Crippen LogP contribution in [0.1, 0.15) is 45.1 Å². The Labute approximate surface area is 155 Å². The van der Waals surface area contributed by atoms with E-state index in [0.29, 0.717) is 0 Å². The molecule has 0 aromatic heterocycles. The predicted molar refractivity (Wildman–Crippen MR) is 107 cm³/mol. The highest BCUT2D eigenvalue weighted by molar-refractivity contribution is 5.15. The molecule has 2 rings (SSSR count). The van der Waals surface area contributed by atoms with Gasteiger partial charge in [0.1, 0.15) is 0 Å². The quantitative estimate of drug-likeness (QED) is 0.649. The monoisotopic (exact) mass is 346 g/mol. The Bertz CT molecular complexity index is 472. The molecule has 0 amide bonds. The highest BCUT2D eigenvalue weighted by atomic mass is 16.5. The minimum Gasteiger partial charge on any atom is -0.376 e. The van der Waals surface area contributed by atoms with Crippen molar-refractivity contribution in [2.24, 2.45) is 11.8 Å². The Morgan fingerprint density at radius 1 is 1.20 bits per heavy atom. The average molecular weight is 347 g/mol. The van der Waals surface area contributed by atoms with Gasteiger partial charge in [0.05, 0.1) is 5.60 Å². The molecular weight excluding hydrogens is 308 g/mol. The van der Waals surface area contributed by atoms with Crippen LogP contribution < -0.4 is 5.32 Å². The smallest absolute Gasteiger partial charge is 0.0629 e. The molecule has 0 radical (unpaired) electrons. The first kappa shape index (κ1) is 20.4. The van der Waals surface area contributed by atoms with Gasteiger partial charge in [-0.2, -0.15) is 0 Å². The molecule has 1 heterocycles. The van der Waals surface area contributed by atoms with E-state index in [-0.39, 0.29) is 5.60 Å². The van der Waals surface area contributed by atoms with E-state index in [1.807, 2.05) is 0 Å². The maximum absolute atomic E-state index is 5.96. The summed E-state index contributed by atoms with van der Waals surface area (Å²) in [5.74, 6) is 1.51. The van der Waals surface area contributed by atoms with Gasteiger partial charge in [-0.3, -0.25) is 0 Å². The summed E-state index contributed by atoms with van der Waals surface area (Å²) in [5.41, 5.74) is 1.51. The van der Waals surface area contributed by atoms with Crippen LogP contribution in [-0.2, 0) is 11.2 Å². The zero-order valence-electron chi connectivity index (χ0n) is 16.8. The van der Waals surface area contributed by atoms with E-state index in [2.05, 4.69) is 68.5 Å². The molecule has 1 aliphatic heterocycles. The van der Waals surface area contributed by atoms with Crippen molar-refractivity contribution in [3.05, 3.63) is 35.9 Å². The van der Waals surface area contributed by atoms with Gasteiger partial charge in [-0.05, 0) is 97.1 Å². The molecule has 0 bridgehead atoms. The van der Waals surface area contributed by atoms with Gasteiger partial charge in [-0.1, -0.05) is 30.3 Å². The molecule has 0 spiro atoms. The molecule has 1 saturated heterocycles. The second-order valence-electron chi connectivity index (χ2n) is 8.51. The number of benzene rings is 1. The van der Waals surface area contributed by atoms with Crippen molar-refractivity contribution >= 4 is 0 Å². The van der Waals surface area contributed by atoms with Crippen molar-refractivity contribution < 1.29 is 4.74 Å². The molecule has 142 valence electrons. The maximum atomic E-state index is 5.96. The van der Waals surface area contributed by atoms with E-state index in [9.17, 15) is 0 Å². The second kappa shape index (κ2) is 10.3. The van der Waals surface area contributed by atoms with Crippen LogP contribution in [0.3, 0.4) is 0 Å². The Balaban J connectivity index is 1.86. The molecule has 1 aromatic carbocycles. The maximum Gasteiger partial charge on any atom is 0.0629 e. The lowest BCUT2D eigenvalue weighted by atomic mass is 9.75. The number of rotatable bonds is 10. The second-order valence-corrected chi connectivity index (χ2v) is 8.51. The molecule has 2 atom stereocenters. The van der Waals surface area contributed by atoms with E-state index >= 15 is 0 Å². The van der Waals surface area contributed by atoms with Crippen molar-refractivity contribution in [3.8, 4) is 0 Å². The average Bonchev–Trinajstić information content (AvgIpc) is 2.56. The van der Waals surface area contributed by atoms with E-state index < -0.39 is 0 Å². The highest BCUT2D eigenvalue weighted by Gasteiger charge is 2.33. The molecule has 0 saturated carbocycles. The van der Waals surface area contributed by atoms with Gasteiger partial charge < -0.3 is 15.0 Å².